The molecule has 0 aromatic carbocycles. The third kappa shape index (κ3) is 3.21. The van der Waals surface area contributed by atoms with Crippen molar-refractivity contribution in [2.75, 3.05) is 13.7 Å². The van der Waals surface area contributed by atoms with Crippen molar-refractivity contribution in [2.45, 2.75) is 59.4 Å². The largest absolute Gasteiger partial charge is 0.468 e. The zero-order valence-corrected chi connectivity index (χ0v) is 12.1. The maximum atomic E-state index is 12.2. The van der Waals surface area contributed by atoms with Crippen LogP contribution in [-0.4, -0.2) is 25.2 Å². The normalized spacial score (nSPS) is 25.3. The molecule has 0 spiro atoms. The molecule has 0 aromatic rings. The lowest BCUT2D eigenvalue weighted by molar-refractivity contribution is -0.155. The van der Waals surface area contributed by atoms with Crippen LogP contribution in [0.5, 0.6) is 0 Å². The molecule has 3 nitrogen and oxygen atoms in total. The molecule has 1 fully saturated rings. The second-order valence-electron chi connectivity index (χ2n) is 6.96. The summed E-state index contributed by atoms with van der Waals surface area (Å²) in [7, 11) is 1.48. The van der Waals surface area contributed by atoms with E-state index in [1.54, 1.807) is 0 Å². The summed E-state index contributed by atoms with van der Waals surface area (Å²) in [6.45, 7) is 11.8. The molecular weight excluding hydrogens is 214 g/mol. The Labute approximate surface area is 105 Å². The molecule has 1 rings (SSSR count). The Kier molecular flexibility index (Phi) is 3.92. The third-order valence-corrected chi connectivity index (χ3v) is 3.61. The van der Waals surface area contributed by atoms with E-state index in [2.05, 4.69) is 33.0 Å². The van der Waals surface area contributed by atoms with Crippen molar-refractivity contribution in [3.05, 3.63) is 0 Å². The smallest absolute Gasteiger partial charge is 0.326 e. The zero-order chi connectivity index (χ0) is 13.3. The SMILES string of the molecule is CCNC1(C(=O)OC)CC(C)(C)CC(C)(C)C1. The van der Waals surface area contributed by atoms with Crippen LogP contribution in [-0.2, 0) is 9.53 Å². The molecule has 0 amide bonds. The molecule has 100 valence electrons. The third-order valence-electron chi connectivity index (χ3n) is 3.61. The van der Waals surface area contributed by atoms with Gasteiger partial charge in [0.2, 0.25) is 0 Å². The number of carbonyl (C=O) groups is 1. The Hall–Kier alpha value is -0.570. The minimum absolute atomic E-state index is 0.111. The first-order chi connectivity index (χ1) is 7.66. The van der Waals surface area contributed by atoms with Crippen LogP contribution in [0.3, 0.4) is 0 Å². The van der Waals surface area contributed by atoms with Crippen LogP contribution in [0.4, 0.5) is 0 Å². The van der Waals surface area contributed by atoms with Crippen LogP contribution in [0.1, 0.15) is 53.9 Å². The minimum Gasteiger partial charge on any atom is -0.468 e. The average Bonchev–Trinajstić information content (AvgIpc) is 2.11. The molecule has 1 saturated carbocycles. The van der Waals surface area contributed by atoms with Crippen LogP contribution in [0.15, 0.2) is 0 Å². The second-order valence-corrected chi connectivity index (χ2v) is 6.96. The molecule has 0 atom stereocenters. The number of methoxy groups -OCH3 is 1. The Morgan fingerprint density at radius 3 is 1.94 bits per heavy atom. The van der Waals surface area contributed by atoms with E-state index in [0.29, 0.717) is 0 Å². The highest BCUT2D eigenvalue weighted by molar-refractivity contribution is 5.81. The number of rotatable bonds is 3. The Morgan fingerprint density at radius 1 is 1.12 bits per heavy atom. The fourth-order valence-corrected chi connectivity index (χ4v) is 3.99. The van der Waals surface area contributed by atoms with Crippen molar-refractivity contribution in [3.63, 3.8) is 0 Å². The zero-order valence-electron chi connectivity index (χ0n) is 12.1. The number of ether oxygens (including phenoxy) is 1. The fraction of sp³-hybridized carbons (Fsp3) is 0.929. The molecule has 17 heavy (non-hydrogen) atoms. The van der Waals surface area contributed by atoms with Crippen LogP contribution >= 0.6 is 0 Å². The van der Waals surface area contributed by atoms with E-state index in [1.807, 2.05) is 6.92 Å². The average molecular weight is 241 g/mol. The first kappa shape index (κ1) is 14.5. The van der Waals surface area contributed by atoms with Crippen molar-refractivity contribution in [1.29, 1.82) is 0 Å². The van der Waals surface area contributed by atoms with Gasteiger partial charge in [0.1, 0.15) is 5.54 Å². The van der Waals surface area contributed by atoms with Gasteiger partial charge in [0.25, 0.3) is 0 Å². The molecule has 1 aliphatic rings. The van der Waals surface area contributed by atoms with Crippen LogP contribution < -0.4 is 5.32 Å². The topological polar surface area (TPSA) is 38.3 Å². The predicted molar refractivity (Wildman–Crippen MR) is 69.8 cm³/mol. The van der Waals surface area contributed by atoms with E-state index in [1.165, 1.54) is 7.11 Å². The first-order valence-corrected chi connectivity index (χ1v) is 6.50. The van der Waals surface area contributed by atoms with Crippen molar-refractivity contribution < 1.29 is 9.53 Å². The van der Waals surface area contributed by atoms with E-state index in [0.717, 1.165) is 25.8 Å². The van der Waals surface area contributed by atoms with Gasteiger partial charge in [0.15, 0.2) is 0 Å². The quantitative estimate of drug-likeness (QED) is 0.772. The van der Waals surface area contributed by atoms with E-state index in [4.69, 9.17) is 4.74 Å². The fourth-order valence-electron chi connectivity index (χ4n) is 3.99. The number of esters is 1. The maximum Gasteiger partial charge on any atom is 0.326 e. The summed E-state index contributed by atoms with van der Waals surface area (Å²) in [6, 6.07) is 0. The van der Waals surface area contributed by atoms with Gasteiger partial charge in [-0.1, -0.05) is 34.6 Å². The molecule has 0 heterocycles. The van der Waals surface area contributed by atoms with Gasteiger partial charge in [0.05, 0.1) is 7.11 Å². The van der Waals surface area contributed by atoms with Crippen molar-refractivity contribution >= 4 is 5.97 Å². The number of carbonyl (C=O) groups excluding carboxylic acids is 1. The summed E-state index contributed by atoms with van der Waals surface area (Å²) < 4.78 is 5.03. The van der Waals surface area contributed by atoms with Crippen molar-refractivity contribution in [3.8, 4) is 0 Å². The summed E-state index contributed by atoms with van der Waals surface area (Å²) >= 11 is 0. The number of likely N-dealkylation sites (N-methyl/N-ethyl adjacent to an activating group) is 1. The van der Waals surface area contributed by atoms with Crippen LogP contribution in [0, 0.1) is 10.8 Å². The second kappa shape index (κ2) is 4.60. The van der Waals surface area contributed by atoms with Gasteiger partial charge in [-0.25, -0.2) is 0 Å². The van der Waals surface area contributed by atoms with Crippen LogP contribution in [0.2, 0.25) is 0 Å². The number of hydrogen-bond acceptors (Lipinski definition) is 3. The van der Waals surface area contributed by atoms with E-state index < -0.39 is 5.54 Å². The highest BCUT2D eigenvalue weighted by Gasteiger charge is 2.51. The highest BCUT2D eigenvalue weighted by Crippen LogP contribution is 2.50. The minimum atomic E-state index is -0.505. The van der Waals surface area contributed by atoms with E-state index in [-0.39, 0.29) is 16.8 Å². The number of nitrogens with one attached hydrogen (secondary N) is 1. The van der Waals surface area contributed by atoms with Crippen molar-refractivity contribution in [2.24, 2.45) is 10.8 Å². The van der Waals surface area contributed by atoms with Gasteiger partial charge < -0.3 is 10.1 Å². The molecule has 0 unspecified atom stereocenters. The van der Waals surface area contributed by atoms with Gasteiger partial charge in [-0.2, -0.15) is 0 Å². The Bertz CT molecular complexity index is 279. The van der Waals surface area contributed by atoms with Crippen LogP contribution in [0.25, 0.3) is 0 Å². The molecule has 3 heteroatoms. The molecule has 0 aromatic heterocycles. The monoisotopic (exact) mass is 241 g/mol. The Balaban J connectivity index is 3.07. The standard InChI is InChI=1S/C14H27NO2/c1-7-15-14(11(16)17-6)9-12(2,3)8-13(4,5)10-14/h15H,7-10H2,1-6H3. The summed E-state index contributed by atoms with van der Waals surface area (Å²) in [6.07, 6.45) is 2.85. The summed E-state index contributed by atoms with van der Waals surface area (Å²) in [4.78, 5) is 12.2. The van der Waals surface area contributed by atoms with E-state index >= 15 is 0 Å². The summed E-state index contributed by atoms with van der Waals surface area (Å²) in [5.41, 5.74) is -0.176. The predicted octanol–water partition coefficient (Wildman–Crippen LogP) is 2.74. The molecule has 0 aliphatic heterocycles. The lowest BCUT2D eigenvalue weighted by atomic mass is 9.58. The Morgan fingerprint density at radius 2 is 1.59 bits per heavy atom. The lowest BCUT2D eigenvalue weighted by Crippen LogP contribution is -2.60. The lowest BCUT2D eigenvalue weighted by Gasteiger charge is -2.50. The molecule has 1 N–H and O–H groups in total. The molecule has 1 aliphatic carbocycles. The molecule has 0 bridgehead atoms. The number of hydrogen-bond donors (Lipinski definition) is 1. The van der Waals surface area contributed by atoms with E-state index in [9.17, 15) is 4.79 Å². The maximum absolute atomic E-state index is 12.2. The van der Waals surface area contributed by atoms with Gasteiger partial charge in [0, 0.05) is 0 Å². The molecule has 0 radical (unpaired) electrons. The summed E-state index contributed by atoms with van der Waals surface area (Å²) in [5, 5.41) is 3.39. The first-order valence-electron chi connectivity index (χ1n) is 6.50. The van der Waals surface area contributed by atoms with Gasteiger partial charge >= 0.3 is 5.97 Å². The van der Waals surface area contributed by atoms with Gasteiger partial charge in [-0.3, -0.25) is 4.79 Å². The molecular formula is C14H27NO2. The highest BCUT2D eigenvalue weighted by atomic mass is 16.5. The molecule has 0 saturated heterocycles. The summed E-state index contributed by atoms with van der Waals surface area (Å²) in [5.74, 6) is -0.111. The van der Waals surface area contributed by atoms with Gasteiger partial charge in [-0.05, 0) is 36.6 Å². The van der Waals surface area contributed by atoms with Crippen molar-refractivity contribution in [1.82, 2.24) is 5.32 Å². The van der Waals surface area contributed by atoms with Gasteiger partial charge in [-0.15, -0.1) is 0 Å².